The number of carbonyl (C=O) groups excluding carboxylic acids is 1. The molecule has 1 amide bonds. The molecule has 0 bridgehead atoms. The third-order valence-electron chi connectivity index (χ3n) is 3.71. The molecule has 19 heavy (non-hydrogen) atoms. The maximum absolute atomic E-state index is 12.7. The summed E-state index contributed by atoms with van der Waals surface area (Å²) >= 11 is 6.08. The van der Waals surface area contributed by atoms with Gasteiger partial charge in [-0.3, -0.25) is 9.48 Å². The maximum atomic E-state index is 12.7. The molecular formula is C14H22ClN3O. The van der Waals surface area contributed by atoms with Gasteiger partial charge in [0.15, 0.2) is 0 Å². The molecular weight excluding hydrogens is 262 g/mol. The lowest BCUT2D eigenvalue weighted by atomic mass is 10.1. The van der Waals surface area contributed by atoms with Crippen LogP contribution in [0.25, 0.3) is 0 Å². The van der Waals surface area contributed by atoms with Crippen LogP contribution in [-0.4, -0.2) is 38.6 Å². The molecule has 5 heteroatoms. The summed E-state index contributed by atoms with van der Waals surface area (Å²) in [5.41, 5.74) is 1.64. The van der Waals surface area contributed by atoms with Crippen LogP contribution in [0, 0.1) is 0 Å². The Morgan fingerprint density at radius 2 is 2.37 bits per heavy atom. The zero-order valence-corrected chi connectivity index (χ0v) is 12.7. The van der Waals surface area contributed by atoms with Gasteiger partial charge in [0, 0.05) is 31.2 Å². The van der Waals surface area contributed by atoms with Crippen molar-refractivity contribution in [3.63, 3.8) is 0 Å². The fourth-order valence-corrected chi connectivity index (χ4v) is 3.06. The molecule has 0 N–H and O–H groups in total. The van der Waals surface area contributed by atoms with Crippen molar-refractivity contribution >= 4 is 17.5 Å². The summed E-state index contributed by atoms with van der Waals surface area (Å²) in [6.07, 6.45) is 5.62. The highest BCUT2D eigenvalue weighted by Crippen LogP contribution is 2.25. The fourth-order valence-electron chi connectivity index (χ4n) is 2.85. The molecule has 0 aromatic carbocycles. The molecule has 2 heterocycles. The number of hydrogen-bond acceptors (Lipinski definition) is 2. The fraction of sp³-hybridized carbons (Fsp3) is 0.714. The summed E-state index contributed by atoms with van der Waals surface area (Å²) in [6.45, 7) is 4.86. The van der Waals surface area contributed by atoms with E-state index < -0.39 is 0 Å². The van der Waals surface area contributed by atoms with Crippen LogP contribution in [0.1, 0.15) is 49.2 Å². The van der Waals surface area contributed by atoms with E-state index >= 15 is 0 Å². The SMILES string of the molecule is CCc1nn(C)cc1C(=O)N1CCCC1CC(C)Cl. The average Bonchev–Trinajstić information content (AvgIpc) is 2.94. The van der Waals surface area contributed by atoms with Crippen LogP contribution in [0.2, 0.25) is 0 Å². The zero-order valence-electron chi connectivity index (χ0n) is 11.9. The van der Waals surface area contributed by atoms with Gasteiger partial charge in [-0.1, -0.05) is 6.92 Å². The molecule has 1 saturated heterocycles. The first-order chi connectivity index (χ1) is 9.02. The van der Waals surface area contributed by atoms with Gasteiger partial charge in [-0.25, -0.2) is 0 Å². The molecule has 1 aliphatic rings. The minimum atomic E-state index is 0.109. The standard InChI is InChI=1S/C14H22ClN3O/c1-4-13-12(9-17(3)16-13)14(19)18-7-5-6-11(18)8-10(2)15/h9-11H,4-8H2,1-3H3. The highest BCUT2D eigenvalue weighted by Gasteiger charge is 2.31. The normalized spacial score (nSPS) is 20.8. The molecule has 106 valence electrons. The van der Waals surface area contributed by atoms with Gasteiger partial charge in [-0.2, -0.15) is 5.10 Å². The van der Waals surface area contributed by atoms with Crippen LogP contribution in [0.4, 0.5) is 0 Å². The molecule has 1 aromatic heterocycles. The predicted molar refractivity (Wildman–Crippen MR) is 76.6 cm³/mol. The number of nitrogens with zero attached hydrogens (tertiary/aromatic N) is 3. The van der Waals surface area contributed by atoms with Crippen LogP contribution in [0.3, 0.4) is 0 Å². The Morgan fingerprint density at radius 3 is 3.00 bits per heavy atom. The molecule has 0 aliphatic carbocycles. The largest absolute Gasteiger partial charge is 0.336 e. The average molecular weight is 284 g/mol. The number of halogens is 1. The third-order valence-corrected chi connectivity index (χ3v) is 3.88. The molecule has 0 saturated carbocycles. The molecule has 2 rings (SSSR count). The molecule has 1 fully saturated rings. The smallest absolute Gasteiger partial charge is 0.257 e. The van der Waals surface area contributed by atoms with Gasteiger partial charge in [0.25, 0.3) is 5.91 Å². The summed E-state index contributed by atoms with van der Waals surface area (Å²) in [7, 11) is 1.86. The number of likely N-dealkylation sites (tertiary alicyclic amines) is 1. The second-order valence-electron chi connectivity index (χ2n) is 5.33. The summed E-state index contributed by atoms with van der Waals surface area (Å²) in [5.74, 6) is 0.116. The van der Waals surface area contributed by atoms with E-state index in [0.29, 0.717) is 0 Å². The summed E-state index contributed by atoms with van der Waals surface area (Å²) in [4.78, 5) is 14.6. The van der Waals surface area contributed by atoms with E-state index in [9.17, 15) is 4.79 Å². The molecule has 4 nitrogen and oxygen atoms in total. The van der Waals surface area contributed by atoms with Gasteiger partial charge in [0.05, 0.1) is 11.3 Å². The Kier molecular flexibility index (Phi) is 4.50. The van der Waals surface area contributed by atoms with E-state index in [1.807, 2.05) is 32.0 Å². The quantitative estimate of drug-likeness (QED) is 0.797. The second kappa shape index (κ2) is 5.95. The van der Waals surface area contributed by atoms with Gasteiger partial charge < -0.3 is 4.90 Å². The van der Waals surface area contributed by atoms with Crippen LogP contribution < -0.4 is 0 Å². The Hall–Kier alpha value is -1.03. The van der Waals surface area contributed by atoms with Crippen molar-refractivity contribution in [3.8, 4) is 0 Å². The summed E-state index contributed by atoms with van der Waals surface area (Å²) in [5, 5.41) is 4.46. The molecule has 2 atom stereocenters. The first-order valence-corrected chi connectivity index (χ1v) is 7.44. The summed E-state index contributed by atoms with van der Waals surface area (Å²) in [6, 6.07) is 0.282. The van der Waals surface area contributed by atoms with E-state index in [-0.39, 0.29) is 17.3 Å². The number of amides is 1. The molecule has 2 unspecified atom stereocenters. The highest BCUT2D eigenvalue weighted by atomic mass is 35.5. The van der Waals surface area contributed by atoms with Crippen molar-refractivity contribution in [2.24, 2.45) is 7.05 Å². The summed E-state index contributed by atoms with van der Waals surface area (Å²) < 4.78 is 1.72. The number of rotatable bonds is 4. The van der Waals surface area contributed by atoms with E-state index in [0.717, 1.165) is 43.5 Å². The number of carbonyl (C=O) groups is 1. The first-order valence-electron chi connectivity index (χ1n) is 7.00. The molecule has 1 aromatic rings. The van der Waals surface area contributed by atoms with Crippen LogP contribution in [-0.2, 0) is 13.5 Å². The molecule has 0 radical (unpaired) electrons. The maximum Gasteiger partial charge on any atom is 0.257 e. The van der Waals surface area contributed by atoms with Crippen molar-refractivity contribution in [1.82, 2.24) is 14.7 Å². The van der Waals surface area contributed by atoms with Crippen LogP contribution in [0.5, 0.6) is 0 Å². The van der Waals surface area contributed by atoms with Gasteiger partial charge in [0.2, 0.25) is 0 Å². The number of aryl methyl sites for hydroxylation is 2. The Morgan fingerprint density at radius 1 is 1.63 bits per heavy atom. The number of aromatic nitrogens is 2. The monoisotopic (exact) mass is 283 g/mol. The Balaban J connectivity index is 2.18. The minimum absolute atomic E-state index is 0.109. The van der Waals surface area contributed by atoms with Crippen LogP contribution >= 0.6 is 11.6 Å². The van der Waals surface area contributed by atoms with Gasteiger partial charge >= 0.3 is 0 Å². The minimum Gasteiger partial charge on any atom is -0.336 e. The van der Waals surface area contributed by atoms with E-state index in [4.69, 9.17) is 11.6 Å². The first kappa shape index (κ1) is 14.4. The lowest BCUT2D eigenvalue weighted by Crippen LogP contribution is -2.36. The van der Waals surface area contributed by atoms with E-state index in [1.165, 1.54) is 0 Å². The van der Waals surface area contributed by atoms with Crippen LogP contribution in [0.15, 0.2) is 6.20 Å². The molecule has 1 aliphatic heterocycles. The number of alkyl halides is 1. The zero-order chi connectivity index (χ0) is 14.0. The van der Waals surface area contributed by atoms with Gasteiger partial charge in [-0.15, -0.1) is 11.6 Å². The Bertz CT molecular complexity index is 456. The lowest BCUT2D eigenvalue weighted by molar-refractivity contribution is 0.0729. The molecule has 0 spiro atoms. The van der Waals surface area contributed by atoms with Gasteiger partial charge in [-0.05, 0) is 32.6 Å². The van der Waals surface area contributed by atoms with Crippen molar-refractivity contribution in [3.05, 3.63) is 17.5 Å². The second-order valence-corrected chi connectivity index (χ2v) is 6.07. The van der Waals surface area contributed by atoms with E-state index in [1.54, 1.807) is 4.68 Å². The van der Waals surface area contributed by atoms with Crippen molar-refractivity contribution in [1.29, 1.82) is 0 Å². The highest BCUT2D eigenvalue weighted by molar-refractivity contribution is 6.20. The van der Waals surface area contributed by atoms with Gasteiger partial charge in [0.1, 0.15) is 0 Å². The van der Waals surface area contributed by atoms with Crippen molar-refractivity contribution in [2.75, 3.05) is 6.54 Å². The lowest BCUT2D eigenvalue weighted by Gasteiger charge is -2.25. The van der Waals surface area contributed by atoms with E-state index in [2.05, 4.69) is 5.10 Å². The predicted octanol–water partition coefficient (Wildman–Crippen LogP) is 2.60. The van der Waals surface area contributed by atoms with Crippen molar-refractivity contribution < 1.29 is 4.79 Å². The topological polar surface area (TPSA) is 38.1 Å². The third kappa shape index (κ3) is 3.11. The van der Waals surface area contributed by atoms with Crippen molar-refractivity contribution in [2.45, 2.75) is 50.9 Å². The number of hydrogen-bond donors (Lipinski definition) is 0. The Labute approximate surface area is 119 Å².